The van der Waals surface area contributed by atoms with Crippen molar-refractivity contribution in [2.45, 2.75) is 6.92 Å². The average molecular weight is 305 g/mol. The average Bonchev–Trinajstić information content (AvgIpc) is 2.91. The van der Waals surface area contributed by atoms with Gasteiger partial charge in [0.2, 0.25) is 5.69 Å². The van der Waals surface area contributed by atoms with Gasteiger partial charge >= 0.3 is 5.89 Å². The maximum atomic E-state index is 5.73. The van der Waals surface area contributed by atoms with E-state index in [1.165, 1.54) is 11.3 Å². The zero-order valence-electron chi connectivity index (χ0n) is 13.7. The number of hydrogen-bond acceptors (Lipinski definition) is 2. The van der Waals surface area contributed by atoms with E-state index in [1.54, 1.807) is 6.26 Å². The van der Waals surface area contributed by atoms with Gasteiger partial charge in [0.15, 0.2) is 6.26 Å². The summed E-state index contributed by atoms with van der Waals surface area (Å²) in [5, 5.41) is 0. The van der Waals surface area contributed by atoms with Crippen LogP contribution in [0.4, 0.5) is 5.69 Å². The van der Waals surface area contributed by atoms with Crippen LogP contribution in [0.2, 0.25) is 0 Å². The molecule has 0 fully saturated rings. The number of nitrogens with zero attached hydrogens (tertiary/aromatic N) is 2. The highest BCUT2D eigenvalue weighted by Gasteiger charge is 2.18. The summed E-state index contributed by atoms with van der Waals surface area (Å²) in [5.41, 5.74) is 4.58. The lowest BCUT2D eigenvalue weighted by Gasteiger charge is -2.23. The molecule has 3 rings (SSSR count). The van der Waals surface area contributed by atoms with Gasteiger partial charge in [-0.2, -0.15) is 4.57 Å². The summed E-state index contributed by atoms with van der Waals surface area (Å²) < 4.78 is 7.78. The molecule has 0 radical (unpaired) electrons. The fourth-order valence-corrected chi connectivity index (χ4v) is 2.60. The van der Waals surface area contributed by atoms with Gasteiger partial charge in [-0.05, 0) is 24.6 Å². The molecular formula is C20H21N2O+. The summed E-state index contributed by atoms with van der Waals surface area (Å²) in [6.07, 6.45) is 16.1. The third-order valence-electron chi connectivity index (χ3n) is 3.94. The van der Waals surface area contributed by atoms with Crippen molar-refractivity contribution in [3.63, 3.8) is 0 Å². The molecule has 1 aliphatic heterocycles. The van der Waals surface area contributed by atoms with E-state index < -0.39 is 0 Å². The van der Waals surface area contributed by atoms with Gasteiger partial charge in [0.25, 0.3) is 0 Å². The normalized spacial score (nSPS) is 16.0. The maximum absolute atomic E-state index is 5.73. The molecule has 0 saturated heterocycles. The first-order valence-corrected chi connectivity index (χ1v) is 7.69. The molecule has 0 atom stereocenters. The zero-order chi connectivity index (χ0) is 16.2. The molecule has 0 N–H and O–H groups in total. The number of anilines is 1. The van der Waals surface area contributed by atoms with Crippen LogP contribution in [0.3, 0.4) is 0 Å². The third kappa shape index (κ3) is 3.04. The molecule has 2 heterocycles. The van der Waals surface area contributed by atoms with Crippen LogP contribution in [0.1, 0.15) is 24.1 Å². The van der Waals surface area contributed by atoms with Crippen LogP contribution in [0.25, 0.3) is 17.7 Å². The third-order valence-corrected chi connectivity index (χ3v) is 3.94. The minimum absolute atomic E-state index is 0.823. The molecule has 0 unspecified atom stereocenters. The minimum atomic E-state index is 0.823. The number of para-hydroxylation sites is 1. The van der Waals surface area contributed by atoms with E-state index in [1.807, 2.05) is 42.8 Å². The van der Waals surface area contributed by atoms with Crippen LogP contribution < -0.4 is 9.47 Å². The summed E-state index contributed by atoms with van der Waals surface area (Å²) in [5.74, 6) is 0.823. The number of aromatic nitrogens is 1. The molecule has 3 heteroatoms. The van der Waals surface area contributed by atoms with Crippen molar-refractivity contribution in [3.8, 4) is 0 Å². The van der Waals surface area contributed by atoms with E-state index in [0.29, 0.717) is 0 Å². The van der Waals surface area contributed by atoms with Gasteiger partial charge < -0.3 is 9.32 Å². The first-order chi connectivity index (χ1) is 11.2. The summed E-state index contributed by atoms with van der Waals surface area (Å²) >= 11 is 0. The van der Waals surface area contributed by atoms with Gasteiger partial charge in [0.1, 0.15) is 7.05 Å². The fourth-order valence-electron chi connectivity index (χ4n) is 2.60. The SMILES string of the molecule is C/C=C\C=C/c1coc(/C=C2\C=CN(C)c3ccccc32)[n+]1C. The monoisotopic (exact) mass is 305 g/mol. The second-order valence-electron chi connectivity index (χ2n) is 5.49. The Kier molecular flexibility index (Phi) is 4.29. The lowest BCUT2D eigenvalue weighted by molar-refractivity contribution is -0.678. The fraction of sp³-hybridized carbons (Fsp3) is 0.150. The molecule has 0 aliphatic carbocycles. The summed E-state index contributed by atoms with van der Waals surface area (Å²) in [6.45, 7) is 2.00. The summed E-state index contributed by atoms with van der Waals surface area (Å²) in [6, 6.07) is 8.38. The lowest BCUT2D eigenvalue weighted by Crippen LogP contribution is -2.32. The molecule has 1 aliphatic rings. The number of rotatable bonds is 3. The molecule has 0 spiro atoms. The first kappa shape index (κ1) is 15.1. The molecule has 1 aromatic carbocycles. The number of oxazole rings is 1. The van der Waals surface area contributed by atoms with Gasteiger partial charge in [-0.25, -0.2) is 0 Å². The van der Waals surface area contributed by atoms with E-state index in [0.717, 1.165) is 17.2 Å². The smallest absolute Gasteiger partial charge is 0.373 e. The second kappa shape index (κ2) is 6.53. The Morgan fingerprint density at radius 2 is 2.00 bits per heavy atom. The van der Waals surface area contributed by atoms with E-state index >= 15 is 0 Å². The van der Waals surface area contributed by atoms with Gasteiger partial charge in [-0.3, -0.25) is 0 Å². The van der Waals surface area contributed by atoms with Crippen molar-refractivity contribution in [2.24, 2.45) is 7.05 Å². The van der Waals surface area contributed by atoms with Gasteiger partial charge in [0, 0.05) is 30.6 Å². The van der Waals surface area contributed by atoms with Gasteiger partial charge in [0.05, 0.1) is 6.08 Å². The van der Waals surface area contributed by atoms with Crippen molar-refractivity contribution in [3.05, 3.63) is 78.2 Å². The Labute approximate surface area is 137 Å². The summed E-state index contributed by atoms with van der Waals surface area (Å²) in [7, 11) is 4.07. The number of fused-ring (bicyclic) bond motifs is 1. The van der Waals surface area contributed by atoms with Gasteiger partial charge in [-0.1, -0.05) is 36.4 Å². The van der Waals surface area contributed by atoms with Crippen LogP contribution in [-0.2, 0) is 7.05 Å². The standard InChI is InChI=1S/C20H21N2O/c1-4-5-6-9-17-15-23-20(22(17)3)14-16-12-13-21(2)19-11-8-7-10-18(16)19/h4-15H,1-3H3/q+1/b5-4-,9-6-. The van der Waals surface area contributed by atoms with E-state index in [4.69, 9.17) is 4.42 Å². The van der Waals surface area contributed by atoms with Crippen LogP contribution >= 0.6 is 0 Å². The van der Waals surface area contributed by atoms with Crippen molar-refractivity contribution >= 4 is 23.4 Å². The summed E-state index contributed by atoms with van der Waals surface area (Å²) in [4.78, 5) is 2.13. The topological polar surface area (TPSA) is 20.3 Å². The van der Waals surface area contributed by atoms with Crippen LogP contribution in [-0.4, -0.2) is 7.05 Å². The van der Waals surface area contributed by atoms with Gasteiger partial charge in [-0.15, -0.1) is 0 Å². The molecule has 0 bridgehead atoms. The Bertz CT molecular complexity index is 822. The van der Waals surface area contributed by atoms with Crippen molar-refractivity contribution in [2.75, 3.05) is 11.9 Å². The van der Waals surface area contributed by atoms with Crippen molar-refractivity contribution in [1.29, 1.82) is 0 Å². The number of allylic oxidation sites excluding steroid dienone is 5. The molecule has 2 aromatic rings. The molecular weight excluding hydrogens is 284 g/mol. The molecule has 1 aromatic heterocycles. The molecule has 23 heavy (non-hydrogen) atoms. The highest BCUT2D eigenvalue weighted by atomic mass is 16.3. The highest BCUT2D eigenvalue weighted by Crippen LogP contribution is 2.32. The molecule has 116 valence electrons. The van der Waals surface area contributed by atoms with Crippen molar-refractivity contribution < 1.29 is 8.98 Å². The number of hydrogen-bond donors (Lipinski definition) is 0. The quantitative estimate of drug-likeness (QED) is 0.626. The molecule has 0 amide bonds. The largest absolute Gasteiger partial charge is 0.406 e. The molecule has 3 nitrogen and oxygen atoms in total. The van der Waals surface area contributed by atoms with E-state index in [-0.39, 0.29) is 0 Å². The Morgan fingerprint density at radius 3 is 2.83 bits per heavy atom. The highest BCUT2D eigenvalue weighted by molar-refractivity contribution is 5.93. The van der Waals surface area contributed by atoms with Crippen LogP contribution in [0, 0.1) is 0 Å². The lowest BCUT2D eigenvalue weighted by atomic mass is 10.00. The Balaban J connectivity index is 1.98. The van der Waals surface area contributed by atoms with Crippen molar-refractivity contribution in [1.82, 2.24) is 0 Å². The van der Waals surface area contributed by atoms with Crippen LogP contribution in [0.15, 0.2) is 65.4 Å². The molecule has 0 saturated carbocycles. The number of benzene rings is 1. The predicted molar refractivity (Wildman–Crippen MR) is 95.6 cm³/mol. The van der Waals surface area contributed by atoms with E-state index in [9.17, 15) is 0 Å². The predicted octanol–water partition coefficient (Wildman–Crippen LogP) is 4.20. The van der Waals surface area contributed by atoms with E-state index in [2.05, 4.69) is 54.6 Å². The first-order valence-electron chi connectivity index (χ1n) is 7.69. The maximum Gasteiger partial charge on any atom is 0.373 e. The minimum Gasteiger partial charge on any atom is -0.406 e. The van der Waals surface area contributed by atoms with Crippen LogP contribution in [0.5, 0.6) is 0 Å². The Hall–Kier alpha value is -2.81. The second-order valence-corrected chi connectivity index (χ2v) is 5.49. The Morgan fingerprint density at radius 1 is 1.17 bits per heavy atom. The zero-order valence-corrected chi connectivity index (χ0v) is 13.7.